The van der Waals surface area contributed by atoms with Crippen molar-refractivity contribution in [2.45, 2.75) is 57.3 Å². The van der Waals surface area contributed by atoms with Crippen molar-refractivity contribution in [3.63, 3.8) is 0 Å². The molecular weight excluding hydrogens is 248 g/mol. The van der Waals surface area contributed by atoms with Crippen LogP contribution in [0.2, 0.25) is 0 Å². The Morgan fingerprint density at radius 1 is 1.50 bits per heavy atom. The van der Waals surface area contributed by atoms with Crippen LogP contribution in [0.3, 0.4) is 0 Å². The van der Waals surface area contributed by atoms with Gasteiger partial charge >= 0.3 is 0 Å². The molecule has 2 saturated heterocycles. The highest BCUT2D eigenvalue weighted by Crippen LogP contribution is 2.41. The smallest absolute Gasteiger partial charge is 0.0833 e. The SMILES string of the molecule is CCOC(CC)C(O)C1CCOC2(CCSC2)C1. The van der Waals surface area contributed by atoms with Crippen LogP contribution in [0.5, 0.6) is 0 Å². The minimum atomic E-state index is -0.332. The lowest BCUT2D eigenvalue weighted by Gasteiger charge is -2.41. The van der Waals surface area contributed by atoms with Crippen LogP contribution >= 0.6 is 11.8 Å². The standard InChI is InChI=1S/C14H26O3S/c1-3-12(16-4-2)13(15)11-5-7-17-14(9-11)6-8-18-10-14/h11-13,15H,3-10H2,1-2H3. The molecule has 0 aliphatic carbocycles. The first kappa shape index (κ1) is 14.6. The zero-order chi connectivity index (χ0) is 13.0. The largest absolute Gasteiger partial charge is 0.390 e. The van der Waals surface area contributed by atoms with E-state index >= 15 is 0 Å². The van der Waals surface area contributed by atoms with Crippen molar-refractivity contribution in [1.29, 1.82) is 0 Å². The molecule has 4 heteroatoms. The van der Waals surface area contributed by atoms with Crippen molar-refractivity contribution in [1.82, 2.24) is 0 Å². The van der Waals surface area contributed by atoms with Crippen molar-refractivity contribution in [3.05, 3.63) is 0 Å². The monoisotopic (exact) mass is 274 g/mol. The molecule has 0 radical (unpaired) electrons. The van der Waals surface area contributed by atoms with Gasteiger partial charge in [0.2, 0.25) is 0 Å². The number of aliphatic hydroxyl groups excluding tert-OH is 1. The lowest BCUT2D eigenvalue weighted by molar-refractivity contribution is -0.129. The molecule has 0 amide bonds. The summed E-state index contributed by atoms with van der Waals surface area (Å²) in [5.74, 6) is 2.64. The molecule has 106 valence electrons. The highest BCUT2D eigenvalue weighted by molar-refractivity contribution is 7.99. The third kappa shape index (κ3) is 3.21. The van der Waals surface area contributed by atoms with Crippen LogP contribution in [-0.2, 0) is 9.47 Å². The van der Waals surface area contributed by atoms with E-state index in [4.69, 9.17) is 9.47 Å². The Morgan fingerprint density at radius 2 is 2.33 bits per heavy atom. The molecule has 4 unspecified atom stereocenters. The van der Waals surface area contributed by atoms with E-state index in [1.54, 1.807) is 0 Å². The first-order valence-corrected chi connectivity index (χ1v) is 8.37. The molecule has 2 aliphatic heterocycles. The van der Waals surface area contributed by atoms with Gasteiger partial charge in [-0.3, -0.25) is 0 Å². The maximum atomic E-state index is 10.5. The topological polar surface area (TPSA) is 38.7 Å². The Morgan fingerprint density at radius 3 is 2.94 bits per heavy atom. The Kier molecular flexibility index (Phi) is 5.36. The molecule has 2 aliphatic rings. The summed E-state index contributed by atoms with van der Waals surface area (Å²) in [6.45, 7) is 5.56. The average Bonchev–Trinajstić information content (AvgIpc) is 2.83. The lowest BCUT2D eigenvalue weighted by Crippen LogP contribution is -2.46. The van der Waals surface area contributed by atoms with E-state index in [9.17, 15) is 5.11 Å². The molecule has 4 atom stereocenters. The van der Waals surface area contributed by atoms with E-state index in [0.717, 1.165) is 38.0 Å². The first-order valence-electron chi connectivity index (χ1n) is 7.22. The van der Waals surface area contributed by atoms with Crippen molar-refractivity contribution < 1.29 is 14.6 Å². The van der Waals surface area contributed by atoms with Gasteiger partial charge in [0.05, 0.1) is 17.8 Å². The van der Waals surface area contributed by atoms with Crippen molar-refractivity contribution in [3.8, 4) is 0 Å². The summed E-state index contributed by atoms with van der Waals surface area (Å²) in [6.07, 6.45) is 3.66. The summed E-state index contributed by atoms with van der Waals surface area (Å²) in [6, 6.07) is 0. The van der Waals surface area contributed by atoms with Crippen LogP contribution in [0.15, 0.2) is 0 Å². The molecule has 2 fully saturated rings. The van der Waals surface area contributed by atoms with Gasteiger partial charge in [-0.1, -0.05) is 6.92 Å². The highest BCUT2D eigenvalue weighted by atomic mass is 32.2. The molecule has 0 aromatic rings. The maximum Gasteiger partial charge on any atom is 0.0833 e. The Balaban J connectivity index is 1.94. The highest BCUT2D eigenvalue weighted by Gasteiger charge is 2.43. The van der Waals surface area contributed by atoms with Gasteiger partial charge in [0.15, 0.2) is 0 Å². The summed E-state index contributed by atoms with van der Waals surface area (Å²) in [5, 5.41) is 10.5. The van der Waals surface area contributed by atoms with Gasteiger partial charge in [-0.15, -0.1) is 0 Å². The van der Waals surface area contributed by atoms with Gasteiger partial charge in [0.25, 0.3) is 0 Å². The van der Waals surface area contributed by atoms with Crippen LogP contribution in [0.1, 0.15) is 39.5 Å². The van der Waals surface area contributed by atoms with Crippen LogP contribution in [0, 0.1) is 5.92 Å². The fraction of sp³-hybridized carbons (Fsp3) is 1.00. The predicted molar refractivity (Wildman–Crippen MR) is 75.1 cm³/mol. The molecule has 1 N–H and O–H groups in total. The third-order valence-electron chi connectivity index (χ3n) is 4.25. The molecule has 3 nitrogen and oxygen atoms in total. The molecule has 2 rings (SSSR count). The third-order valence-corrected chi connectivity index (χ3v) is 5.47. The van der Waals surface area contributed by atoms with Gasteiger partial charge < -0.3 is 14.6 Å². The molecule has 2 heterocycles. The predicted octanol–water partition coefficient (Wildman–Crippen LogP) is 2.46. The average molecular weight is 274 g/mol. The minimum Gasteiger partial charge on any atom is -0.390 e. The zero-order valence-corrected chi connectivity index (χ0v) is 12.4. The summed E-state index contributed by atoms with van der Waals surface area (Å²) in [5.41, 5.74) is 0.0546. The normalized spacial score (nSPS) is 35.8. The summed E-state index contributed by atoms with van der Waals surface area (Å²) in [4.78, 5) is 0. The number of thioether (sulfide) groups is 1. The fourth-order valence-electron chi connectivity index (χ4n) is 3.20. The van der Waals surface area contributed by atoms with Crippen LogP contribution in [0.25, 0.3) is 0 Å². The summed E-state index contributed by atoms with van der Waals surface area (Å²) < 4.78 is 11.7. The van der Waals surface area contributed by atoms with E-state index in [1.807, 2.05) is 18.7 Å². The van der Waals surface area contributed by atoms with Gasteiger partial charge in [0, 0.05) is 19.0 Å². The van der Waals surface area contributed by atoms with Gasteiger partial charge in [0.1, 0.15) is 0 Å². The summed E-state index contributed by atoms with van der Waals surface area (Å²) in [7, 11) is 0. The molecule has 1 spiro atoms. The maximum absolute atomic E-state index is 10.5. The number of aliphatic hydroxyl groups is 1. The first-order chi connectivity index (χ1) is 8.71. The second-order valence-electron chi connectivity index (χ2n) is 5.48. The number of hydrogen-bond acceptors (Lipinski definition) is 4. The van der Waals surface area contributed by atoms with Crippen molar-refractivity contribution in [2.24, 2.45) is 5.92 Å². The Hall–Kier alpha value is 0.230. The van der Waals surface area contributed by atoms with Gasteiger partial charge in [-0.2, -0.15) is 11.8 Å². The molecule has 0 aromatic carbocycles. The van der Waals surface area contributed by atoms with Crippen LogP contribution < -0.4 is 0 Å². The Labute approximate surface area is 115 Å². The molecule has 0 bridgehead atoms. The van der Waals surface area contributed by atoms with E-state index in [-0.39, 0.29) is 17.8 Å². The number of hydrogen-bond donors (Lipinski definition) is 1. The van der Waals surface area contributed by atoms with E-state index in [1.165, 1.54) is 5.75 Å². The fourth-order valence-corrected chi connectivity index (χ4v) is 4.57. The van der Waals surface area contributed by atoms with Gasteiger partial charge in [-0.05, 0) is 44.3 Å². The summed E-state index contributed by atoms with van der Waals surface area (Å²) >= 11 is 1.98. The number of ether oxygens (including phenoxy) is 2. The Bertz CT molecular complexity index is 253. The molecule has 0 saturated carbocycles. The van der Waals surface area contributed by atoms with Crippen molar-refractivity contribution in [2.75, 3.05) is 24.7 Å². The van der Waals surface area contributed by atoms with E-state index < -0.39 is 0 Å². The molecule has 0 aromatic heterocycles. The minimum absolute atomic E-state index is 0.00999. The molecular formula is C14H26O3S. The zero-order valence-electron chi connectivity index (χ0n) is 11.6. The van der Waals surface area contributed by atoms with E-state index in [0.29, 0.717) is 12.5 Å². The molecule has 18 heavy (non-hydrogen) atoms. The number of rotatable bonds is 5. The second-order valence-corrected chi connectivity index (χ2v) is 6.58. The van der Waals surface area contributed by atoms with Gasteiger partial charge in [-0.25, -0.2) is 0 Å². The van der Waals surface area contributed by atoms with Crippen LogP contribution in [-0.4, -0.2) is 47.6 Å². The van der Waals surface area contributed by atoms with Crippen molar-refractivity contribution >= 4 is 11.8 Å². The quantitative estimate of drug-likeness (QED) is 0.836. The second kappa shape index (κ2) is 6.60. The van der Waals surface area contributed by atoms with E-state index in [2.05, 4.69) is 6.92 Å². The van der Waals surface area contributed by atoms with Crippen LogP contribution in [0.4, 0.5) is 0 Å². The lowest BCUT2D eigenvalue weighted by atomic mass is 9.80.